The maximum Gasteiger partial charge on any atom is 0.269 e. The Bertz CT molecular complexity index is 984. The highest BCUT2D eigenvalue weighted by molar-refractivity contribution is 9.10. The van der Waals surface area contributed by atoms with Crippen LogP contribution in [0.4, 0.5) is 0 Å². The van der Waals surface area contributed by atoms with E-state index in [0.717, 1.165) is 10.9 Å². The van der Waals surface area contributed by atoms with E-state index in [9.17, 15) is 9.59 Å². The third-order valence-corrected chi connectivity index (χ3v) is 5.00. The SMILES string of the molecule is COc1ccc(C(=O)NNC(=S)NC(=O)c2cc(Br)ccc2OCCC(C)C)cc1OC. The van der Waals surface area contributed by atoms with Gasteiger partial charge in [-0.25, -0.2) is 0 Å². The molecule has 0 aliphatic heterocycles. The predicted octanol–water partition coefficient (Wildman–Crippen LogP) is 3.84. The molecule has 3 N–H and O–H groups in total. The van der Waals surface area contributed by atoms with Crippen molar-refractivity contribution < 1.29 is 23.8 Å². The molecule has 0 radical (unpaired) electrons. The zero-order valence-corrected chi connectivity index (χ0v) is 20.7. The number of carbonyl (C=O) groups excluding carboxylic acids is 2. The Balaban J connectivity index is 1.97. The van der Waals surface area contributed by atoms with Gasteiger partial charge in [-0.05, 0) is 61.0 Å². The Kier molecular flexibility index (Phi) is 9.73. The van der Waals surface area contributed by atoms with Gasteiger partial charge in [0.1, 0.15) is 5.75 Å². The number of thiocarbonyl (C=S) groups is 1. The van der Waals surface area contributed by atoms with Gasteiger partial charge in [-0.15, -0.1) is 0 Å². The third-order valence-electron chi connectivity index (χ3n) is 4.30. The van der Waals surface area contributed by atoms with Gasteiger partial charge in [-0.2, -0.15) is 0 Å². The normalized spacial score (nSPS) is 10.3. The molecule has 0 saturated carbocycles. The fourth-order valence-electron chi connectivity index (χ4n) is 2.57. The monoisotopic (exact) mass is 523 g/mol. The van der Waals surface area contributed by atoms with Crippen LogP contribution < -0.4 is 30.4 Å². The standard InChI is InChI=1S/C22H26BrN3O5S/c1-13(2)9-10-31-17-8-6-15(23)12-16(17)21(28)24-22(32)26-25-20(27)14-5-7-18(29-3)19(11-14)30-4/h5-8,11-13H,9-10H2,1-4H3,(H,25,27)(H2,24,26,28,32). The minimum absolute atomic E-state index is 0.0723. The smallest absolute Gasteiger partial charge is 0.269 e. The van der Waals surface area contributed by atoms with Crippen LogP contribution in [-0.4, -0.2) is 37.8 Å². The molecule has 0 heterocycles. The molecule has 0 aromatic heterocycles. The molecule has 2 amide bonds. The quantitative estimate of drug-likeness (QED) is 0.357. The van der Waals surface area contributed by atoms with Gasteiger partial charge in [0.15, 0.2) is 16.6 Å². The Morgan fingerprint density at radius 3 is 2.31 bits per heavy atom. The summed E-state index contributed by atoms with van der Waals surface area (Å²) in [7, 11) is 2.98. The first kappa shape index (κ1) is 25.4. The van der Waals surface area contributed by atoms with Crippen LogP contribution in [0, 0.1) is 5.92 Å². The summed E-state index contributed by atoms with van der Waals surface area (Å²) in [6, 6.07) is 9.87. The van der Waals surface area contributed by atoms with E-state index in [1.54, 1.807) is 30.3 Å². The number of halogens is 1. The van der Waals surface area contributed by atoms with Gasteiger partial charge < -0.3 is 14.2 Å². The number of ether oxygens (including phenoxy) is 3. The molecule has 172 valence electrons. The molecule has 0 atom stereocenters. The first-order valence-electron chi connectivity index (χ1n) is 9.81. The topological polar surface area (TPSA) is 97.9 Å². The van der Waals surface area contributed by atoms with Crippen molar-refractivity contribution in [2.45, 2.75) is 20.3 Å². The summed E-state index contributed by atoms with van der Waals surface area (Å²) in [4.78, 5) is 25.1. The summed E-state index contributed by atoms with van der Waals surface area (Å²) in [5.41, 5.74) is 5.59. The van der Waals surface area contributed by atoms with Gasteiger partial charge in [-0.1, -0.05) is 29.8 Å². The van der Waals surface area contributed by atoms with Crippen LogP contribution >= 0.6 is 28.1 Å². The van der Waals surface area contributed by atoms with E-state index in [1.165, 1.54) is 20.3 Å². The second-order valence-corrected chi connectivity index (χ2v) is 8.43. The molecular weight excluding hydrogens is 498 g/mol. The number of hydrogen-bond donors (Lipinski definition) is 3. The molecule has 8 nitrogen and oxygen atoms in total. The van der Waals surface area contributed by atoms with Crippen molar-refractivity contribution in [3.05, 3.63) is 52.0 Å². The molecule has 10 heteroatoms. The fraction of sp³-hybridized carbons (Fsp3) is 0.318. The fourth-order valence-corrected chi connectivity index (χ4v) is 3.08. The second-order valence-electron chi connectivity index (χ2n) is 7.10. The molecule has 0 aliphatic carbocycles. The molecule has 0 unspecified atom stereocenters. The minimum Gasteiger partial charge on any atom is -0.493 e. The number of amides is 2. The van der Waals surface area contributed by atoms with E-state index in [-0.39, 0.29) is 5.11 Å². The number of benzene rings is 2. The van der Waals surface area contributed by atoms with Crippen molar-refractivity contribution in [3.63, 3.8) is 0 Å². The average Bonchev–Trinajstić information content (AvgIpc) is 2.77. The molecule has 0 fully saturated rings. The Morgan fingerprint density at radius 2 is 1.66 bits per heavy atom. The molecular formula is C22H26BrN3O5S. The van der Waals surface area contributed by atoms with Crippen LogP contribution in [0.15, 0.2) is 40.9 Å². The predicted molar refractivity (Wildman–Crippen MR) is 129 cm³/mol. The summed E-state index contributed by atoms with van der Waals surface area (Å²) < 4.78 is 16.8. The van der Waals surface area contributed by atoms with E-state index in [0.29, 0.717) is 40.9 Å². The van der Waals surface area contributed by atoms with Crippen LogP contribution in [0.1, 0.15) is 41.0 Å². The highest BCUT2D eigenvalue weighted by Gasteiger charge is 2.16. The largest absolute Gasteiger partial charge is 0.493 e. The highest BCUT2D eigenvalue weighted by Crippen LogP contribution is 2.27. The third kappa shape index (κ3) is 7.38. The highest BCUT2D eigenvalue weighted by atomic mass is 79.9. The zero-order chi connectivity index (χ0) is 23.7. The van der Waals surface area contributed by atoms with Crippen molar-refractivity contribution in [1.29, 1.82) is 0 Å². The number of hydrazine groups is 1. The van der Waals surface area contributed by atoms with Crippen molar-refractivity contribution in [2.24, 2.45) is 5.92 Å². The van der Waals surface area contributed by atoms with Crippen molar-refractivity contribution in [1.82, 2.24) is 16.2 Å². The van der Waals surface area contributed by atoms with Gasteiger partial charge in [0.25, 0.3) is 11.8 Å². The lowest BCUT2D eigenvalue weighted by Crippen LogP contribution is -2.48. The number of carbonyl (C=O) groups is 2. The molecule has 0 saturated heterocycles. The van der Waals surface area contributed by atoms with E-state index in [4.69, 9.17) is 26.4 Å². The summed E-state index contributed by atoms with van der Waals surface area (Å²) in [6.45, 7) is 4.68. The number of hydrogen-bond acceptors (Lipinski definition) is 6. The van der Waals surface area contributed by atoms with Crippen LogP contribution in [-0.2, 0) is 0 Å². The number of methoxy groups -OCH3 is 2. The Hall–Kier alpha value is -2.85. The van der Waals surface area contributed by atoms with Gasteiger partial charge in [0.05, 0.1) is 26.4 Å². The maximum absolute atomic E-state index is 12.7. The van der Waals surface area contributed by atoms with Crippen LogP contribution in [0.25, 0.3) is 0 Å². The molecule has 2 aromatic carbocycles. The molecule has 0 bridgehead atoms. The average molecular weight is 524 g/mol. The molecule has 2 rings (SSSR count). The van der Waals surface area contributed by atoms with Crippen LogP contribution in [0.3, 0.4) is 0 Å². The zero-order valence-electron chi connectivity index (χ0n) is 18.3. The Morgan fingerprint density at radius 1 is 0.969 bits per heavy atom. The van der Waals surface area contributed by atoms with Crippen molar-refractivity contribution in [2.75, 3.05) is 20.8 Å². The van der Waals surface area contributed by atoms with E-state index >= 15 is 0 Å². The number of rotatable bonds is 8. The Labute approximate surface area is 201 Å². The molecule has 0 spiro atoms. The second kappa shape index (κ2) is 12.3. The summed E-state index contributed by atoms with van der Waals surface area (Å²) in [6.07, 6.45) is 0.860. The van der Waals surface area contributed by atoms with Gasteiger partial charge in [0, 0.05) is 10.0 Å². The first-order chi connectivity index (χ1) is 15.2. The summed E-state index contributed by atoms with van der Waals surface area (Å²) >= 11 is 8.49. The maximum atomic E-state index is 12.7. The van der Waals surface area contributed by atoms with Crippen molar-refractivity contribution >= 4 is 45.1 Å². The van der Waals surface area contributed by atoms with Gasteiger partial charge >= 0.3 is 0 Å². The number of nitrogens with one attached hydrogen (secondary N) is 3. The summed E-state index contributed by atoms with van der Waals surface area (Å²) in [5.74, 6) is 0.902. The minimum atomic E-state index is -0.470. The lowest BCUT2D eigenvalue weighted by Gasteiger charge is -2.15. The van der Waals surface area contributed by atoms with E-state index in [1.807, 2.05) is 0 Å². The van der Waals surface area contributed by atoms with Gasteiger partial charge in [0.2, 0.25) is 0 Å². The molecule has 32 heavy (non-hydrogen) atoms. The van der Waals surface area contributed by atoms with Gasteiger partial charge in [-0.3, -0.25) is 25.8 Å². The molecule has 2 aromatic rings. The van der Waals surface area contributed by atoms with Crippen LogP contribution in [0.5, 0.6) is 17.2 Å². The van der Waals surface area contributed by atoms with E-state index in [2.05, 4.69) is 45.9 Å². The van der Waals surface area contributed by atoms with E-state index < -0.39 is 11.8 Å². The first-order valence-corrected chi connectivity index (χ1v) is 11.0. The van der Waals surface area contributed by atoms with Crippen molar-refractivity contribution in [3.8, 4) is 17.2 Å². The lowest BCUT2D eigenvalue weighted by molar-refractivity contribution is 0.0933. The lowest BCUT2D eigenvalue weighted by atomic mass is 10.1. The molecule has 0 aliphatic rings. The van der Waals surface area contributed by atoms with Crippen LogP contribution in [0.2, 0.25) is 0 Å². The summed E-state index contributed by atoms with van der Waals surface area (Å²) in [5, 5.41) is 2.46.